The van der Waals surface area contributed by atoms with Gasteiger partial charge in [-0.15, -0.1) is 0 Å². The normalized spacial score (nSPS) is 14.6. The number of esters is 1. The van der Waals surface area contributed by atoms with Crippen LogP contribution < -0.4 is 5.32 Å². The van der Waals surface area contributed by atoms with E-state index in [2.05, 4.69) is 17.4 Å². The van der Waals surface area contributed by atoms with Crippen molar-refractivity contribution in [3.8, 4) is 6.07 Å². The van der Waals surface area contributed by atoms with Crippen molar-refractivity contribution in [1.29, 1.82) is 5.26 Å². The Kier molecular flexibility index (Phi) is 7.83. The highest BCUT2D eigenvalue weighted by Crippen LogP contribution is 2.23. The Morgan fingerprint density at radius 3 is 2.48 bits per heavy atom. The minimum Gasteiger partial charge on any atom is -0.462 e. The standard InChI is InChI=1S/C25H27N3O3/c1-2-31-25(30)22-10-6-7-11-23(22)27-18-21(17-26)24(29)28-14-12-20(13-15-28)16-19-8-4-3-5-9-19/h3-11,18,20,27H,2,12-16H2,1H3/b21-18-. The van der Waals surface area contributed by atoms with E-state index in [1.54, 1.807) is 36.1 Å². The highest BCUT2D eigenvalue weighted by atomic mass is 16.5. The lowest BCUT2D eigenvalue weighted by atomic mass is 9.90. The van der Waals surface area contributed by atoms with Crippen molar-refractivity contribution >= 4 is 17.6 Å². The minimum atomic E-state index is -0.454. The summed E-state index contributed by atoms with van der Waals surface area (Å²) < 4.78 is 5.06. The second-order valence-electron chi connectivity index (χ2n) is 7.51. The van der Waals surface area contributed by atoms with Crippen molar-refractivity contribution in [2.45, 2.75) is 26.2 Å². The average molecular weight is 418 g/mol. The molecule has 0 aromatic heterocycles. The van der Waals surface area contributed by atoms with Crippen LogP contribution in [0.2, 0.25) is 0 Å². The zero-order valence-corrected chi connectivity index (χ0v) is 17.7. The molecule has 0 bridgehead atoms. The van der Waals surface area contributed by atoms with Gasteiger partial charge in [-0.3, -0.25) is 4.79 Å². The highest BCUT2D eigenvalue weighted by Gasteiger charge is 2.25. The van der Waals surface area contributed by atoms with Gasteiger partial charge in [-0.2, -0.15) is 5.26 Å². The summed E-state index contributed by atoms with van der Waals surface area (Å²) in [7, 11) is 0. The van der Waals surface area contributed by atoms with Crippen LogP contribution in [0.3, 0.4) is 0 Å². The molecule has 2 aromatic carbocycles. The van der Waals surface area contributed by atoms with Gasteiger partial charge in [0.1, 0.15) is 11.6 Å². The van der Waals surface area contributed by atoms with Gasteiger partial charge in [-0.05, 0) is 49.8 Å². The Morgan fingerprint density at radius 2 is 1.81 bits per heavy atom. The SMILES string of the molecule is CCOC(=O)c1ccccc1N/C=C(/C#N)C(=O)N1CCC(Cc2ccccc2)CC1. The molecular weight excluding hydrogens is 390 g/mol. The number of hydrogen-bond donors (Lipinski definition) is 1. The van der Waals surface area contributed by atoms with E-state index in [0.717, 1.165) is 19.3 Å². The first-order valence-electron chi connectivity index (χ1n) is 10.6. The second kappa shape index (κ2) is 11.0. The van der Waals surface area contributed by atoms with E-state index < -0.39 is 5.97 Å². The number of nitriles is 1. The van der Waals surface area contributed by atoms with Crippen LogP contribution in [0.25, 0.3) is 0 Å². The number of rotatable bonds is 7. The van der Waals surface area contributed by atoms with Crippen LogP contribution in [0.1, 0.15) is 35.7 Å². The maximum atomic E-state index is 12.8. The van der Waals surface area contributed by atoms with Crippen molar-refractivity contribution in [2.24, 2.45) is 5.92 Å². The van der Waals surface area contributed by atoms with Crippen LogP contribution in [0.4, 0.5) is 5.69 Å². The molecule has 1 aliphatic heterocycles. The van der Waals surface area contributed by atoms with Gasteiger partial charge < -0.3 is 15.0 Å². The molecule has 31 heavy (non-hydrogen) atoms. The Bertz CT molecular complexity index is 971. The molecule has 1 fully saturated rings. The zero-order chi connectivity index (χ0) is 22.1. The summed E-state index contributed by atoms with van der Waals surface area (Å²) in [6.45, 7) is 3.28. The van der Waals surface area contributed by atoms with Gasteiger partial charge in [0.25, 0.3) is 5.91 Å². The number of nitrogens with one attached hydrogen (secondary N) is 1. The maximum Gasteiger partial charge on any atom is 0.340 e. The lowest BCUT2D eigenvalue weighted by molar-refractivity contribution is -0.128. The molecule has 0 atom stereocenters. The summed E-state index contributed by atoms with van der Waals surface area (Å²) in [5, 5.41) is 12.4. The highest BCUT2D eigenvalue weighted by molar-refractivity contribution is 5.99. The summed E-state index contributed by atoms with van der Waals surface area (Å²) in [6.07, 6.45) is 4.21. The largest absolute Gasteiger partial charge is 0.462 e. The third-order valence-electron chi connectivity index (χ3n) is 5.41. The number of piperidine rings is 1. The van der Waals surface area contributed by atoms with E-state index in [4.69, 9.17) is 4.74 Å². The number of amides is 1. The number of para-hydroxylation sites is 1. The van der Waals surface area contributed by atoms with Crippen molar-refractivity contribution in [3.63, 3.8) is 0 Å². The summed E-state index contributed by atoms with van der Waals surface area (Å²) in [6, 6.07) is 19.2. The van der Waals surface area contributed by atoms with Crippen LogP contribution in [-0.2, 0) is 16.0 Å². The lowest BCUT2D eigenvalue weighted by Crippen LogP contribution is -2.39. The molecule has 3 rings (SSSR count). The lowest BCUT2D eigenvalue weighted by Gasteiger charge is -2.32. The molecule has 0 spiro atoms. The van der Waals surface area contributed by atoms with Crippen molar-refractivity contribution in [3.05, 3.63) is 77.5 Å². The number of nitrogens with zero attached hydrogens (tertiary/aromatic N) is 2. The van der Waals surface area contributed by atoms with E-state index >= 15 is 0 Å². The van der Waals surface area contributed by atoms with Crippen molar-refractivity contribution < 1.29 is 14.3 Å². The molecule has 0 radical (unpaired) electrons. The van der Waals surface area contributed by atoms with Crippen LogP contribution in [0.5, 0.6) is 0 Å². The monoisotopic (exact) mass is 417 g/mol. The van der Waals surface area contributed by atoms with Crippen molar-refractivity contribution in [2.75, 3.05) is 25.0 Å². The zero-order valence-electron chi connectivity index (χ0n) is 17.7. The van der Waals surface area contributed by atoms with Crippen LogP contribution in [-0.4, -0.2) is 36.5 Å². The molecule has 6 nitrogen and oxygen atoms in total. The third-order valence-corrected chi connectivity index (χ3v) is 5.41. The van der Waals surface area contributed by atoms with Crippen LogP contribution in [0, 0.1) is 17.2 Å². The van der Waals surface area contributed by atoms with E-state index in [1.807, 2.05) is 24.3 Å². The van der Waals surface area contributed by atoms with Gasteiger partial charge in [0.05, 0.1) is 17.9 Å². The molecule has 6 heteroatoms. The quantitative estimate of drug-likeness (QED) is 0.415. The maximum absolute atomic E-state index is 12.8. The molecule has 0 aliphatic carbocycles. The number of anilines is 1. The van der Waals surface area contributed by atoms with E-state index in [0.29, 0.717) is 30.3 Å². The molecule has 1 saturated heterocycles. The van der Waals surface area contributed by atoms with Gasteiger partial charge in [0.2, 0.25) is 0 Å². The fourth-order valence-corrected chi connectivity index (χ4v) is 3.75. The van der Waals surface area contributed by atoms with Gasteiger partial charge in [-0.25, -0.2) is 4.79 Å². The Morgan fingerprint density at radius 1 is 1.13 bits per heavy atom. The Hall–Kier alpha value is -3.59. The molecule has 0 unspecified atom stereocenters. The van der Waals surface area contributed by atoms with Crippen LogP contribution in [0.15, 0.2) is 66.4 Å². The molecule has 1 amide bonds. The van der Waals surface area contributed by atoms with E-state index in [1.165, 1.54) is 11.8 Å². The predicted octanol–water partition coefficient (Wildman–Crippen LogP) is 4.16. The molecule has 2 aromatic rings. The van der Waals surface area contributed by atoms with Crippen molar-refractivity contribution in [1.82, 2.24) is 4.90 Å². The number of hydrogen-bond acceptors (Lipinski definition) is 5. The minimum absolute atomic E-state index is 0.0140. The van der Waals surface area contributed by atoms with E-state index in [9.17, 15) is 14.9 Å². The summed E-state index contributed by atoms with van der Waals surface area (Å²) >= 11 is 0. The first-order valence-corrected chi connectivity index (χ1v) is 10.6. The fourth-order valence-electron chi connectivity index (χ4n) is 3.75. The predicted molar refractivity (Wildman–Crippen MR) is 119 cm³/mol. The number of benzene rings is 2. The third kappa shape index (κ3) is 5.95. The Balaban J connectivity index is 1.60. The number of carbonyl (C=O) groups excluding carboxylic acids is 2. The van der Waals surface area contributed by atoms with Gasteiger partial charge >= 0.3 is 5.97 Å². The summed E-state index contributed by atoms with van der Waals surface area (Å²) in [4.78, 5) is 26.7. The molecular formula is C25H27N3O3. The topological polar surface area (TPSA) is 82.4 Å². The van der Waals surface area contributed by atoms with E-state index in [-0.39, 0.29) is 18.1 Å². The number of carbonyl (C=O) groups is 2. The summed E-state index contributed by atoms with van der Waals surface area (Å²) in [5.74, 6) is -0.207. The van der Waals surface area contributed by atoms with Gasteiger partial charge in [0.15, 0.2) is 0 Å². The number of ether oxygens (including phenoxy) is 1. The molecule has 1 N–H and O–H groups in total. The summed E-state index contributed by atoms with van der Waals surface area (Å²) in [5.41, 5.74) is 2.17. The average Bonchev–Trinajstić information content (AvgIpc) is 2.81. The smallest absolute Gasteiger partial charge is 0.340 e. The second-order valence-corrected chi connectivity index (χ2v) is 7.51. The molecule has 0 saturated carbocycles. The molecule has 1 aliphatic rings. The van der Waals surface area contributed by atoms with Gasteiger partial charge in [0, 0.05) is 19.3 Å². The Labute approximate surface area is 183 Å². The van der Waals surface area contributed by atoms with Gasteiger partial charge in [-0.1, -0.05) is 42.5 Å². The molecule has 1 heterocycles. The van der Waals surface area contributed by atoms with Crippen LogP contribution >= 0.6 is 0 Å². The fraction of sp³-hybridized carbons (Fsp3) is 0.320. The molecule has 160 valence electrons. The number of likely N-dealkylation sites (tertiary alicyclic amines) is 1. The first kappa shape index (κ1) is 22.1. The first-order chi connectivity index (χ1) is 15.1.